The number of amides is 1. The van der Waals surface area contributed by atoms with Crippen molar-refractivity contribution in [2.75, 3.05) is 30.8 Å². The van der Waals surface area contributed by atoms with Gasteiger partial charge >= 0.3 is 5.97 Å². The number of nitrogens with one attached hydrogen (secondary N) is 1. The maximum absolute atomic E-state index is 13.0. The van der Waals surface area contributed by atoms with Gasteiger partial charge in [0.15, 0.2) is 10.9 Å². The molecule has 4 rings (SSSR count). The fourth-order valence-electron chi connectivity index (χ4n) is 3.87. The number of fused-ring (bicyclic) bond motifs is 1. The molecule has 0 aliphatic carbocycles. The maximum Gasteiger partial charge on any atom is 0.306 e. The molecule has 11 heteroatoms. The zero-order valence-corrected chi connectivity index (χ0v) is 22.3. The Hall–Kier alpha value is -2.47. The molecule has 0 spiro atoms. The minimum Gasteiger partial charge on any atom is -0.456 e. The van der Waals surface area contributed by atoms with Crippen LogP contribution >= 0.6 is 23.1 Å². The summed E-state index contributed by atoms with van der Waals surface area (Å²) in [6.45, 7) is 0.592. The van der Waals surface area contributed by atoms with Gasteiger partial charge in [0.2, 0.25) is 10.0 Å². The second-order valence-corrected chi connectivity index (χ2v) is 12.8. The summed E-state index contributed by atoms with van der Waals surface area (Å²) in [6, 6.07) is 14.1. The van der Waals surface area contributed by atoms with Crippen molar-refractivity contribution < 1.29 is 22.7 Å². The minimum atomic E-state index is -3.62. The van der Waals surface area contributed by atoms with Crippen molar-refractivity contribution in [2.45, 2.75) is 47.8 Å². The number of thioether (sulfide) groups is 1. The zero-order valence-electron chi connectivity index (χ0n) is 19.9. The van der Waals surface area contributed by atoms with Crippen molar-refractivity contribution in [3.8, 4) is 0 Å². The van der Waals surface area contributed by atoms with E-state index in [4.69, 9.17) is 4.74 Å². The van der Waals surface area contributed by atoms with Gasteiger partial charge in [-0.05, 0) is 49.6 Å². The predicted molar refractivity (Wildman–Crippen MR) is 143 cm³/mol. The Labute approximate surface area is 219 Å². The Morgan fingerprint density at radius 2 is 1.83 bits per heavy atom. The van der Waals surface area contributed by atoms with Crippen LogP contribution in [-0.2, 0) is 24.3 Å². The van der Waals surface area contributed by atoms with Crippen LogP contribution in [0.2, 0.25) is 0 Å². The number of aromatic nitrogens is 1. The zero-order chi connectivity index (χ0) is 25.4. The summed E-state index contributed by atoms with van der Waals surface area (Å²) in [4.78, 5) is 29.0. The van der Waals surface area contributed by atoms with Gasteiger partial charge in [-0.15, -0.1) is 11.3 Å². The Bertz CT molecular complexity index is 1270. The number of carbonyl (C=O) groups is 2. The average molecular weight is 548 g/mol. The van der Waals surface area contributed by atoms with Gasteiger partial charge in [-0.25, -0.2) is 13.4 Å². The summed E-state index contributed by atoms with van der Waals surface area (Å²) >= 11 is 3.22. The van der Waals surface area contributed by atoms with Gasteiger partial charge in [0, 0.05) is 31.0 Å². The number of hydrogen-bond acceptors (Lipinski definition) is 8. The lowest BCUT2D eigenvalue weighted by molar-refractivity contribution is -0.147. The quantitative estimate of drug-likeness (QED) is 0.218. The molecule has 36 heavy (non-hydrogen) atoms. The molecule has 0 atom stereocenters. The number of nitrogens with zero attached hydrogens (tertiary/aromatic N) is 2. The Balaban J connectivity index is 1.19. The molecule has 1 aliphatic rings. The fourth-order valence-corrected chi connectivity index (χ4v) is 7.51. The van der Waals surface area contributed by atoms with E-state index in [9.17, 15) is 18.0 Å². The largest absolute Gasteiger partial charge is 0.456 e. The summed E-state index contributed by atoms with van der Waals surface area (Å²) in [5.74, 6) is -0.247. The molecular weight excluding hydrogens is 518 g/mol. The van der Waals surface area contributed by atoms with Gasteiger partial charge in [-0.3, -0.25) is 9.59 Å². The van der Waals surface area contributed by atoms with Crippen LogP contribution in [0.25, 0.3) is 10.2 Å². The molecule has 2 aromatic carbocycles. The van der Waals surface area contributed by atoms with E-state index in [0.29, 0.717) is 25.2 Å². The number of para-hydroxylation sites is 1. The fraction of sp³-hybridized carbons (Fsp3) is 0.400. The van der Waals surface area contributed by atoms with E-state index in [-0.39, 0.29) is 11.3 Å². The lowest BCUT2D eigenvalue weighted by atomic mass is 10.2. The van der Waals surface area contributed by atoms with Gasteiger partial charge in [0.05, 0.1) is 15.1 Å². The Morgan fingerprint density at radius 1 is 1.06 bits per heavy atom. The van der Waals surface area contributed by atoms with Crippen molar-refractivity contribution in [1.29, 1.82) is 0 Å². The van der Waals surface area contributed by atoms with Crippen LogP contribution in [0.5, 0.6) is 0 Å². The lowest BCUT2D eigenvalue weighted by Crippen LogP contribution is -2.32. The highest BCUT2D eigenvalue weighted by atomic mass is 32.2. The smallest absolute Gasteiger partial charge is 0.306 e. The average Bonchev–Trinajstić information content (AvgIpc) is 3.08. The second-order valence-electron chi connectivity index (χ2n) is 8.45. The summed E-state index contributed by atoms with van der Waals surface area (Å²) in [5.41, 5.74) is 1.32. The number of sulfonamides is 1. The SMILES string of the molecule is O=C(COC(=O)CCCSc1nc2ccccc2s1)Nc1cccc(S(=O)(=O)N2CCCCCC2)c1. The third-order valence-corrected chi connectivity index (χ3v) is 9.87. The van der Waals surface area contributed by atoms with Crippen LogP contribution < -0.4 is 5.32 Å². The van der Waals surface area contributed by atoms with Crippen LogP contribution in [0.4, 0.5) is 5.69 Å². The third-order valence-electron chi connectivity index (χ3n) is 5.71. The molecule has 1 saturated heterocycles. The second kappa shape index (κ2) is 12.7. The van der Waals surface area contributed by atoms with E-state index < -0.39 is 28.5 Å². The first-order chi connectivity index (χ1) is 17.4. The van der Waals surface area contributed by atoms with Crippen LogP contribution in [0.1, 0.15) is 38.5 Å². The number of rotatable bonds is 10. The van der Waals surface area contributed by atoms with Crippen molar-refractivity contribution in [3.05, 3.63) is 48.5 Å². The molecule has 0 unspecified atom stereocenters. The van der Waals surface area contributed by atoms with E-state index >= 15 is 0 Å². The van der Waals surface area contributed by atoms with Gasteiger partial charge in [0.1, 0.15) is 0 Å². The minimum absolute atomic E-state index is 0.143. The molecule has 1 N–H and O–H groups in total. The highest BCUT2D eigenvalue weighted by Crippen LogP contribution is 2.29. The first kappa shape index (κ1) is 26.6. The van der Waals surface area contributed by atoms with Crippen LogP contribution in [0.3, 0.4) is 0 Å². The normalized spacial score (nSPS) is 14.9. The Kier molecular flexibility index (Phi) is 9.35. The van der Waals surface area contributed by atoms with Crippen LogP contribution in [-0.4, -0.2) is 55.0 Å². The highest BCUT2D eigenvalue weighted by Gasteiger charge is 2.25. The molecular formula is C25H29N3O5S3. The first-order valence-corrected chi connectivity index (χ1v) is 15.2. The number of anilines is 1. The molecule has 1 aromatic heterocycles. The number of thiazole rings is 1. The van der Waals surface area contributed by atoms with Crippen LogP contribution in [0, 0.1) is 0 Å². The number of benzene rings is 2. The standard InChI is InChI=1S/C25H29N3O5S3/c29-23(18-33-24(30)13-8-16-34-25-27-21-11-3-4-12-22(21)35-25)26-19-9-7-10-20(17-19)36(31,32)28-14-5-1-2-6-15-28/h3-4,7,9-12,17H,1-2,5-6,8,13-16,18H2,(H,26,29). The molecule has 8 nitrogen and oxygen atoms in total. The number of hydrogen-bond donors (Lipinski definition) is 1. The van der Waals surface area contributed by atoms with E-state index in [2.05, 4.69) is 10.3 Å². The lowest BCUT2D eigenvalue weighted by Gasteiger charge is -2.20. The molecule has 1 fully saturated rings. The van der Waals surface area contributed by atoms with E-state index in [0.717, 1.165) is 46.0 Å². The topological polar surface area (TPSA) is 106 Å². The predicted octanol–water partition coefficient (Wildman–Crippen LogP) is 4.92. The van der Waals surface area contributed by atoms with E-state index in [1.165, 1.54) is 16.4 Å². The summed E-state index contributed by atoms with van der Waals surface area (Å²) in [6.07, 6.45) is 4.57. The van der Waals surface area contributed by atoms with Crippen LogP contribution in [0.15, 0.2) is 57.8 Å². The number of carbonyl (C=O) groups excluding carboxylic acids is 2. The summed E-state index contributed by atoms with van der Waals surface area (Å²) < 4.78 is 34.7. The molecule has 2 heterocycles. The van der Waals surface area contributed by atoms with Gasteiger partial charge in [-0.2, -0.15) is 4.31 Å². The summed E-state index contributed by atoms with van der Waals surface area (Å²) in [5, 5.41) is 2.62. The van der Waals surface area contributed by atoms with Crippen molar-refractivity contribution in [1.82, 2.24) is 9.29 Å². The Morgan fingerprint density at radius 3 is 2.61 bits per heavy atom. The molecule has 192 valence electrons. The number of esters is 1. The van der Waals surface area contributed by atoms with Crippen molar-refractivity contribution in [3.63, 3.8) is 0 Å². The molecule has 3 aromatic rings. The molecule has 0 saturated carbocycles. The van der Waals surface area contributed by atoms with Gasteiger partial charge < -0.3 is 10.1 Å². The van der Waals surface area contributed by atoms with Crippen molar-refractivity contribution >= 4 is 60.9 Å². The highest BCUT2D eigenvalue weighted by molar-refractivity contribution is 8.01. The van der Waals surface area contributed by atoms with Gasteiger partial charge in [0.25, 0.3) is 5.91 Å². The molecule has 1 aliphatic heterocycles. The van der Waals surface area contributed by atoms with E-state index in [1.807, 2.05) is 24.3 Å². The molecule has 1 amide bonds. The first-order valence-electron chi connectivity index (χ1n) is 12.0. The maximum atomic E-state index is 13.0. The number of ether oxygens (including phenoxy) is 1. The van der Waals surface area contributed by atoms with E-state index in [1.54, 1.807) is 35.2 Å². The molecule has 0 radical (unpaired) electrons. The van der Waals surface area contributed by atoms with Gasteiger partial charge in [-0.1, -0.05) is 42.8 Å². The monoisotopic (exact) mass is 547 g/mol. The third kappa shape index (κ3) is 7.28. The molecule has 0 bridgehead atoms. The van der Waals surface area contributed by atoms with Crippen molar-refractivity contribution in [2.24, 2.45) is 0 Å². The summed E-state index contributed by atoms with van der Waals surface area (Å²) in [7, 11) is -3.62.